The number of carbonyl (C=O) groups excluding carboxylic acids is 1. The summed E-state index contributed by atoms with van der Waals surface area (Å²) in [5, 5.41) is 1.15. The molecule has 0 unspecified atom stereocenters. The average Bonchev–Trinajstić information content (AvgIpc) is 2.25. The van der Waals surface area contributed by atoms with Crippen LogP contribution in [-0.4, -0.2) is 25.7 Å². The molecule has 0 atom stereocenters. The maximum Gasteiger partial charge on any atom is 0.253 e. The quantitative estimate of drug-likeness (QED) is 0.740. The second-order valence-electron chi connectivity index (χ2n) is 3.32. The van der Waals surface area contributed by atoms with Crippen LogP contribution in [0.2, 0.25) is 15.1 Å². The van der Waals surface area contributed by atoms with E-state index in [1.54, 1.807) is 11.0 Å². The Morgan fingerprint density at radius 2 is 1.81 bits per heavy atom. The van der Waals surface area contributed by atoms with Crippen LogP contribution in [-0.2, 0) is 9.53 Å². The molecule has 1 aliphatic rings. The summed E-state index contributed by atoms with van der Waals surface area (Å²) in [7, 11) is 0. The summed E-state index contributed by atoms with van der Waals surface area (Å²) >= 11 is 17.7. The van der Waals surface area contributed by atoms with Gasteiger partial charge in [0.2, 0.25) is 0 Å². The lowest BCUT2D eigenvalue weighted by molar-refractivity contribution is -0.125. The molecule has 1 fully saturated rings. The lowest BCUT2D eigenvalue weighted by Crippen LogP contribution is -2.41. The molecule has 1 aliphatic heterocycles. The molecule has 1 saturated heterocycles. The molecule has 0 aliphatic carbocycles. The molecule has 0 N–H and O–H groups in total. The van der Waals surface area contributed by atoms with Gasteiger partial charge in [-0.2, -0.15) is 0 Å². The minimum absolute atomic E-state index is 0.0660. The number of anilines is 1. The van der Waals surface area contributed by atoms with Gasteiger partial charge in [0.25, 0.3) is 5.91 Å². The number of benzene rings is 1. The fraction of sp³-hybridized carbons (Fsp3) is 0.300. The number of rotatable bonds is 1. The van der Waals surface area contributed by atoms with Crippen molar-refractivity contribution in [1.82, 2.24) is 0 Å². The smallest absolute Gasteiger partial charge is 0.253 e. The molecule has 2 rings (SSSR count). The van der Waals surface area contributed by atoms with Crippen LogP contribution in [0.1, 0.15) is 0 Å². The molecule has 3 nitrogen and oxygen atoms in total. The van der Waals surface area contributed by atoms with Crippen LogP contribution in [0.25, 0.3) is 0 Å². The Bertz CT molecular complexity index is 436. The van der Waals surface area contributed by atoms with Crippen LogP contribution in [0.5, 0.6) is 0 Å². The Balaban J connectivity index is 2.39. The predicted molar refractivity (Wildman–Crippen MR) is 64.6 cm³/mol. The van der Waals surface area contributed by atoms with Crippen LogP contribution >= 0.6 is 34.8 Å². The highest BCUT2D eigenvalue weighted by Crippen LogP contribution is 2.34. The van der Waals surface area contributed by atoms with Gasteiger partial charge in [-0.25, -0.2) is 0 Å². The summed E-state index contributed by atoms with van der Waals surface area (Å²) in [6.45, 7) is 1.02. The first-order valence-corrected chi connectivity index (χ1v) is 5.75. The molecule has 0 radical (unpaired) electrons. The summed E-state index contributed by atoms with van der Waals surface area (Å²) in [5.41, 5.74) is 0.573. The molecule has 6 heteroatoms. The number of amides is 1. The van der Waals surface area contributed by atoms with Gasteiger partial charge in [-0.05, 0) is 12.1 Å². The van der Waals surface area contributed by atoms with Gasteiger partial charge in [-0.3, -0.25) is 4.79 Å². The molecule has 0 bridgehead atoms. The van der Waals surface area contributed by atoms with E-state index in [4.69, 9.17) is 39.5 Å². The lowest BCUT2D eigenvalue weighted by atomic mass is 10.2. The highest BCUT2D eigenvalue weighted by atomic mass is 35.5. The van der Waals surface area contributed by atoms with E-state index in [9.17, 15) is 4.79 Å². The zero-order valence-electron chi connectivity index (χ0n) is 8.17. The van der Waals surface area contributed by atoms with Gasteiger partial charge in [-0.1, -0.05) is 34.8 Å². The number of nitrogens with zero attached hydrogens (tertiary/aromatic N) is 1. The maximum atomic E-state index is 11.6. The van der Waals surface area contributed by atoms with Crippen LogP contribution in [0.3, 0.4) is 0 Å². The highest BCUT2D eigenvalue weighted by molar-refractivity contribution is 6.44. The standard InChI is InChI=1S/C10H8Cl3NO2/c11-6-3-8(13)9(4-7(6)12)14-1-2-16-5-10(14)15/h3-4H,1-2,5H2. The second kappa shape index (κ2) is 4.80. The lowest BCUT2D eigenvalue weighted by Gasteiger charge is -2.27. The molecule has 0 spiro atoms. The van der Waals surface area contributed by atoms with Crippen molar-refractivity contribution < 1.29 is 9.53 Å². The molecule has 1 heterocycles. The fourth-order valence-electron chi connectivity index (χ4n) is 1.49. The highest BCUT2D eigenvalue weighted by Gasteiger charge is 2.22. The predicted octanol–water partition coefficient (Wildman–Crippen LogP) is 3.01. The van der Waals surface area contributed by atoms with Crippen LogP contribution in [0, 0.1) is 0 Å². The van der Waals surface area contributed by atoms with E-state index in [-0.39, 0.29) is 12.5 Å². The monoisotopic (exact) mass is 279 g/mol. The van der Waals surface area contributed by atoms with Crippen LogP contribution in [0.4, 0.5) is 5.69 Å². The number of morpholine rings is 1. The fourth-order valence-corrected chi connectivity index (χ4v) is 2.13. The average molecular weight is 281 g/mol. The molecular weight excluding hydrogens is 272 g/mol. The molecule has 1 aromatic carbocycles. The Morgan fingerprint density at radius 3 is 2.50 bits per heavy atom. The third kappa shape index (κ3) is 2.28. The first-order chi connectivity index (χ1) is 7.59. The van der Waals surface area contributed by atoms with Gasteiger partial charge in [0.1, 0.15) is 6.61 Å². The van der Waals surface area contributed by atoms with Crippen molar-refractivity contribution >= 4 is 46.4 Å². The Morgan fingerprint density at radius 1 is 1.12 bits per heavy atom. The van der Waals surface area contributed by atoms with Crippen molar-refractivity contribution in [1.29, 1.82) is 0 Å². The van der Waals surface area contributed by atoms with Gasteiger partial charge < -0.3 is 9.64 Å². The molecular formula is C10H8Cl3NO2. The summed E-state index contributed by atoms with van der Waals surface area (Å²) in [6.07, 6.45) is 0. The van der Waals surface area contributed by atoms with Gasteiger partial charge in [0.15, 0.2) is 0 Å². The zero-order chi connectivity index (χ0) is 11.7. The molecule has 0 aromatic heterocycles. The molecule has 86 valence electrons. The van der Waals surface area contributed by atoms with E-state index < -0.39 is 0 Å². The maximum absolute atomic E-state index is 11.6. The van der Waals surface area contributed by atoms with Crippen molar-refractivity contribution in [2.45, 2.75) is 0 Å². The van der Waals surface area contributed by atoms with Crippen LogP contribution < -0.4 is 4.90 Å². The minimum Gasteiger partial charge on any atom is -0.370 e. The Kier molecular flexibility index (Phi) is 3.60. The topological polar surface area (TPSA) is 29.5 Å². The Labute approximate surface area is 108 Å². The van der Waals surface area contributed by atoms with Crippen LogP contribution in [0.15, 0.2) is 12.1 Å². The van der Waals surface area contributed by atoms with Crippen molar-refractivity contribution in [3.63, 3.8) is 0 Å². The summed E-state index contributed by atoms with van der Waals surface area (Å²) in [6, 6.07) is 3.12. The summed E-state index contributed by atoms with van der Waals surface area (Å²) in [4.78, 5) is 13.2. The first kappa shape index (κ1) is 12.0. The SMILES string of the molecule is O=C1COCCN1c1cc(Cl)c(Cl)cc1Cl. The zero-order valence-corrected chi connectivity index (χ0v) is 10.4. The first-order valence-electron chi connectivity index (χ1n) is 4.62. The molecule has 16 heavy (non-hydrogen) atoms. The number of ether oxygens (including phenoxy) is 1. The van der Waals surface area contributed by atoms with Crippen molar-refractivity contribution in [3.8, 4) is 0 Å². The normalized spacial score (nSPS) is 16.7. The van der Waals surface area contributed by atoms with Crippen molar-refractivity contribution in [2.24, 2.45) is 0 Å². The summed E-state index contributed by atoms with van der Waals surface area (Å²) < 4.78 is 5.03. The van der Waals surface area contributed by atoms with Crippen molar-refractivity contribution in [3.05, 3.63) is 27.2 Å². The van der Waals surface area contributed by atoms with Gasteiger partial charge >= 0.3 is 0 Å². The van der Waals surface area contributed by atoms with Crippen molar-refractivity contribution in [2.75, 3.05) is 24.7 Å². The second-order valence-corrected chi connectivity index (χ2v) is 4.54. The molecule has 0 saturated carbocycles. The Hall–Kier alpha value is -0.480. The van der Waals surface area contributed by atoms with E-state index in [0.29, 0.717) is 33.9 Å². The third-order valence-corrected chi connectivity index (χ3v) is 3.29. The van der Waals surface area contributed by atoms with E-state index >= 15 is 0 Å². The van der Waals surface area contributed by atoms with Gasteiger partial charge in [0.05, 0.1) is 27.4 Å². The third-order valence-electron chi connectivity index (χ3n) is 2.27. The van der Waals surface area contributed by atoms with E-state index in [1.165, 1.54) is 6.07 Å². The number of carbonyl (C=O) groups is 1. The van der Waals surface area contributed by atoms with Gasteiger partial charge in [-0.15, -0.1) is 0 Å². The van der Waals surface area contributed by atoms with E-state index in [2.05, 4.69) is 0 Å². The number of hydrogen-bond donors (Lipinski definition) is 0. The van der Waals surface area contributed by atoms with E-state index in [0.717, 1.165) is 0 Å². The minimum atomic E-state index is -0.133. The summed E-state index contributed by atoms with van der Waals surface area (Å²) in [5.74, 6) is -0.133. The largest absolute Gasteiger partial charge is 0.370 e. The van der Waals surface area contributed by atoms with Gasteiger partial charge in [0, 0.05) is 6.54 Å². The van der Waals surface area contributed by atoms with E-state index in [1.807, 2.05) is 0 Å². The molecule has 1 amide bonds. The number of hydrogen-bond acceptors (Lipinski definition) is 2. The molecule has 1 aromatic rings. The number of halogens is 3.